The van der Waals surface area contributed by atoms with Crippen LogP contribution in [-0.2, 0) is 4.79 Å². The highest BCUT2D eigenvalue weighted by molar-refractivity contribution is 5.95. The van der Waals surface area contributed by atoms with E-state index in [0.717, 1.165) is 5.56 Å². The Morgan fingerprint density at radius 3 is 2.61 bits per heavy atom. The quantitative estimate of drug-likeness (QED) is 0.833. The number of hydrogen-bond donors (Lipinski definition) is 2. The number of aryl methyl sites for hydroxylation is 1. The van der Waals surface area contributed by atoms with Gasteiger partial charge >= 0.3 is 5.97 Å². The van der Waals surface area contributed by atoms with Crippen LogP contribution in [0.2, 0.25) is 0 Å². The lowest BCUT2D eigenvalue weighted by Gasteiger charge is -2.12. The maximum Gasteiger partial charge on any atom is 0.305 e. The molecule has 1 aromatic rings. The summed E-state index contributed by atoms with van der Waals surface area (Å²) in [6, 6.07) is 4.67. The maximum atomic E-state index is 11.8. The second kappa shape index (κ2) is 6.05. The fourth-order valence-corrected chi connectivity index (χ4v) is 1.64. The van der Waals surface area contributed by atoms with Crippen molar-refractivity contribution in [1.29, 1.82) is 0 Å². The molecule has 0 aliphatic heterocycles. The minimum Gasteiger partial charge on any atom is -0.496 e. The van der Waals surface area contributed by atoms with Crippen LogP contribution in [0.25, 0.3) is 0 Å². The number of benzene rings is 1. The molecule has 0 saturated heterocycles. The SMILES string of the molecule is COc1ccc(C(=O)NC(C)CC(=O)O)cc1C. The average molecular weight is 251 g/mol. The number of amides is 1. The van der Waals surface area contributed by atoms with Crippen LogP contribution < -0.4 is 10.1 Å². The molecule has 1 unspecified atom stereocenters. The fraction of sp³-hybridized carbons (Fsp3) is 0.385. The van der Waals surface area contributed by atoms with Gasteiger partial charge in [-0.3, -0.25) is 9.59 Å². The largest absolute Gasteiger partial charge is 0.496 e. The smallest absolute Gasteiger partial charge is 0.305 e. The van der Waals surface area contributed by atoms with Crippen molar-refractivity contribution in [1.82, 2.24) is 5.32 Å². The number of nitrogens with one attached hydrogen (secondary N) is 1. The lowest BCUT2D eigenvalue weighted by molar-refractivity contribution is -0.137. The van der Waals surface area contributed by atoms with Crippen LogP contribution in [-0.4, -0.2) is 30.1 Å². The van der Waals surface area contributed by atoms with E-state index in [0.29, 0.717) is 11.3 Å². The van der Waals surface area contributed by atoms with Gasteiger partial charge in [-0.15, -0.1) is 0 Å². The molecule has 0 aliphatic carbocycles. The molecule has 0 bridgehead atoms. The highest BCUT2D eigenvalue weighted by Gasteiger charge is 2.13. The molecular formula is C13H17NO4. The van der Waals surface area contributed by atoms with Crippen molar-refractivity contribution in [3.8, 4) is 5.75 Å². The Labute approximate surface area is 106 Å². The van der Waals surface area contributed by atoms with Crippen LogP contribution in [0.1, 0.15) is 29.3 Å². The van der Waals surface area contributed by atoms with Gasteiger partial charge in [0.1, 0.15) is 5.75 Å². The third kappa shape index (κ3) is 3.76. The van der Waals surface area contributed by atoms with E-state index in [9.17, 15) is 9.59 Å². The van der Waals surface area contributed by atoms with Crippen LogP contribution in [0.5, 0.6) is 5.75 Å². The first-order valence-corrected chi connectivity index (χ1v) is 5.61. The standard InChI is InChI=1S/C13H17NO4/c1-8-6-10(4-5-11(8)18-3)13(17)14-9(2)7-12(15)16/h4-6,9H,7H2,1-3H3,(H,14,17)(H,15,16). The van der Waals surface area contributed by atoms with Crippen LogP contribution >= 0.6 is 0 Å². The van der Waals surface area contributed by atoms with Gasteiger partial charge in [-0.2, -0.15) is 0 Å². The predicted molar refractivity (Wildman–Crippen MR) is 66.9 cm³/mol. The highest BCUT2D eigenvalue weighted by Crippen LogP contribution is 2.18. The lowest BCUT2D eigenvalue weighted by Crippen LogP contribution is -2.34. The van der Waals surface area contributed by atoms with E-state index in [2.05, 4.69) is 5.32 Å². The molecule has 5 heteroatoms. The zero-order valence-electron chi connectivity index (χ0n) is 10.7. The zero-order chi connectivity index (χ0) is 13.7. The number of carbonyl (C=O) groups is 2. The summed E-state index contributed by atoms with van der Waals surface area (Å²) in [5.41, 5.74) is 1.35. The van der Waals surface area contributed by atoms with Gasteiger partial charge in [0.25, 0.3) is 5.91 Å². The second-order valence-corrected chi connectivity index (χ2v) is 4.16. The Morgan fingerprint density at radius 1 is 1.44 bits per heavy atom. The summed E-state index contributed by atoms with van der Waals surface area (Å²) in [6.45, 7) is 3.50. The first-order chi connectivity index (χ1) is 8.43. The van der Waals surface area contributed by atoms with Gasteiger partial charge in [-0.05, 0) is 37.6 Å². The summed E-state index contributed by atoms with van der Waals surface area (Å²) in [4.78, 5) is 22.3. The fourth-order valence-electron chi connectivity index (χ4n) is 1.64. The number of aliphatic carboxylic acids is 1. The minimum absolute atomic E-state index is 0.0964. The third-order valence-corrected chi connectivity index (χ3v) is 2.52. The second-order valence-electron chi connectivity index (χ2n) is 4.16. The highest BCUT2D eigenvalue weighted by atomic mass is 16.5. The maximum absolute atomic E-state index is 11.8. The van der Waals surface area contributed by atoms with Crippen molar-refractivity contribution in [2.45, 2.75) is 26.3 Å². The normalized spacial score (nSPS) is 11.7. The van der Waals surface area contributed by atoms with Crippen LogP contribution in [0.4, 0.5) is 0 Å². The van der Waals surface area contributed by atoms with E-state index in [1.807, 2.05) is 6.92 Å². The summed E-state index contributed by atoms with van der Waals surface area (Å²) >= 11 is 0. The average Bonchev–Trinajstić information content (AvgIpc) is 2.27. The van der Waals surface area contributed by atoms with Crippen LogP contribution in [0.3, 0.4) is 0 Å². The van der Waals surface area contributed by atoms with Crippen LogP contribution in [0, 0.1) is 6.92 Å². The molecule has 0 aromatic heterocycles. The lowest BCUT2D eigenvalue weighted by atomic mass is 10.1. The molecule has 98 valence electrons. The predicted octanol–water partition coefficient (Wildman–Crippen LogP) is 1.60. The Bertz CT molecular complexity index is 456. The van der Waals surface area contributed by atoms with Gasteiger partial charge in [0.05, 0.1) is 13.5 Å². The first-order valence-electron chi connectivity index (χ1n) is 5.61. The van der Waals surface area contributed by atoms with Gasteiger partial charge in [0.2, 0.25) is 0 Å². The molecular weight excluding hydrogens is 234 g/mol. The molecule has 1 aromatic carbocycles. The Hall–Kier alpha value is -2.04. The van der Waals surface area contributed by atoms with Gasteiger partial charge in [0, 0.05) is 11.6 Å². The van der Waals surface area contributed by atoms with E-state index in [4.69, 9.17) is 9.84 Å². The number of methoxy groups -OCH3 is 1. The van der Waals surface area contributed by atoms with Crippen molar-refractivity contribution in [3.05, 3.63) is 29.3 Å². The molecule has 0 spiro atoms. The van der Waals surface area contributed by atoms with Gasteiger partial charge in [-0.1, -0.05) is 0 Å². The Morgan fingerprint density at radius 2 is 2.11 bits per heavy atom. The topological polar surface area (TPSA) is 75.6 Å². The molecule has 1 atom stereocenters. The summed E-state index contributed by atoms with van der Waals surface area (Å²) in [5, 5.41) is 11.2. The van der Waals surface area contributed by atoms with Crippen molar-refractivity contribution in [2.75, 3.05) is 7.11 Å². The molecule has 1 amide bonds. The number of ether oxygens (including phenoxy) is 1. The third-order valence-electron chi connectivity index (χ3n) is 2.52. The molecule has 0 saturated carbocycles. The summed E-state index contributed by atoms with van der Waals surface area (Å²) in [7, 11) is 1.57. The molecule has 2 N–H and O–H groups in total. The molecule has 0 radical (unpaired) electrons. The Kier molecular flexibility index (Phi) is 4.71. The number of rotatable bonds is 5. The minimum atomic E-state index is -0.936. The zero-order valence-corrected chi connectivity index (χ0v) is 10.7. The van der Waals surface area contributed by atoms with E-state index < -0.39 is 12.0 Å². The molecule has 1 rings (SSSR count). The van der Waals surface area contributed by atoms with Crippen molar-refractivity contribution >= 4 is 11.9 Å². The van der Waals surface area contributed by atoms with E-state index in [1.165, 1.54) is 0 Å². The van der Waals surface area contributed by atoms with E-state index in [-0.39, 0.29) is 12.3 Å². The molecule has 0 heterocycles. The summed E-state index contributed by atoms with van der Waals surface area (Å²) in [6.07, 6.45) is -0.0964. The monoisotopic (exact) mass is 251 g/mol. The van der Waals surface area contributed by atoms with E-state index >= 15 is 0 Å². The summed E-state index contributed by atoms with van der Waals surface area (Å²) < 4.78 is 5.10. The summed E-state index contributed by atoms with van der Waals surface area (Å²) in [5.74, 6) is -0.506. The van der Waals surface area contributed by atoms with Crippen LogP contribution in [0.15, 0.2) is 18.2 Å². The number of hydrogen-bond acceptors (Lipinski definition) is 3. The van der Waals surface area contributed by atoms with Crippen molar-refractivity contribution in [3.63, 3.8) is 0 Å². The van der Waals surface area contributed by atoms with Crippen molar-refractivity contribution < 1.29 is 19.4 Å². The molecule has 18 heavy (non-hydrogen) atoms. The van der Waals surface area contributed by atoms with E-state index in [1.54, 1.807) is 32.2 Å². The molecule has 5 nitrogen and oxygen atoms in total. The first kappa shape index (κ1) is 14.0. The Balaban J connectivity index is 2.72. The van der Waals surface area contributed by atoms with Gasteiger partial charge in [0.15, 0.2) is 0 Å². The number of carbonyl (C=O) groups excluding carboxylic acids is 1. The number of carboxylic acids is 1. The van der Waals surface area contributed by atoms with Gasteiger partial charge < -0.3 is 15.2 Å². The molecule has 0 fully saturated rings. The van der Waals surface area contributed by atoms with Gasteiger partial charge in [-0.25, -0.2) is 0 Å². The number of carboxylic acid groups (broad SMARTS) is 1. The molecule has 0 aliphatic rings. The van der Waals surface area contributed by atoms with Crippen molar-refractivity contribution in [2.24, 2.45) is 0 Å².